The molecule has 1 heterocycles. The second-order valence-electron chi connectivity index (χ2n) is 2.04. The number of halogens is 1. The maximum atomic E-state index is 8.89. The Kier molecular flexibility index (Phi) is 4.30. The zero-order valence-corrected chi connectivity index (χ0v) is 6.92. The van der Waals surface area contributed by atoms with Gasteiger partial charge in [0.15, 0.2) is 18.9 Å². The fraction of sp³-hybridized carbons (Fsp3) is 0.125. The molecule has 0 bridgehead atoms. The van der Waals surface area contributed by atoms with Gasteiger partial charge in [-0.05, 0) is 6.08 Å². The quantitative estimate of drug-likeness (QED) is 0.528. The van der Waals surface area contributed by atoms with Crippen LogP contribution in [0.15, 0.2) is 37.2 Å². The van der Waals surface area contributed by atoms with Crippen LogP contribution in [-0.2, 0) is 6.54 Å². The maximum Gasteiger partial charge on any atom is 0.172 e. The molecule has 0 spiro atoms. The molecule has 1 N–H and O–H groups in total. The summed E-state index contributed by atoms with van der Waals surface area (Å²) in [7, 11) is 0. The number of hydrogen-bond donors (Lipinski definition) is 1. The van der Waals surface area contributed by atoms with Crippen molar-refractivity contribution in [2.75, 3.05) is 0 Å². The van der Waals surface area contributed by atoms with E-state index in [1.807, 2.05) is 4.57 Å². The number of rotatable bonds is 2. The summed E-state index contributed by atoms with van der Waals surface area (Å²) in [6, 6.07) is 3.28. The third kappa shape index (κ3) is 3.05. The molecule has 0 saturated carbocycles. The highest BCUT2D eigenvalue weighted by Gasteiger charge is 1.94. The van der Waals surface area contributed by atoms with Gasteiger partial charge in [0.05, 0.1) is 0 Å². The molecule has 0 aliphatic rings. The summed E-state index contributed by atoms with van der Waals surface area (Å²) in [5, 5.41) is 8.89. The molecule has 60 valence electrons. The minimum absolute atomic E-state index is 0. The Morgan fingerprint density at radius 2 is 2.00 bits per heavy atom. The lowest BCUT2D eigenvalue weighted by Gasteiger charge is -1.89. The van der Waals surface area contributed by atoms with Crippen LogP contribution in [0.2, 0.25) is 0 Å². The van der Waals surface area contributed by atoms with E-state index in [0.29, 0.717) is 5.75 Å². The molecule has 0 saturated heterocycles. The monoisotopic (exact) mass is 172 g/mol. The molecule has 1 rings (SSSR count). The Labute approximate surface area is 72.2 Å². The van der Waals surface area contributed by atoms with Crippen LogP contribution in [0.3, 0.4) is 0 Å². The van der Waals surface area contributed by atoms with Crippen molar-refractivity contribution in [2.45, 2.75) is 6.54 Å². The van der Waals surface area contributed by atoms with Gasteiger partial charge < -0.3 is 5.11 Å². The largest absolute Gasteiger partial charge is 0.507 e. The second kappa shape index (κ2) is 4.74. The highest BCUT2D eigenvalue weighted by Crippen LogP contribution is 2.00. The first kappa shape index (κ1) is 9.98. The van der Waals surface area contributed by atoms with Crippen LogP contribution in [0, 0.1) is 0 Å². The molecule has 11 heavy (non-hydrogen) atoms. The first-order valence-corrected chi connectivity index (χ1v) is 3.12. The minimum atomic E-state index is 0. The predicted octanol–water partition coefficient (Wildman–Crippen LogP) is 1.29. The average molecular weight is 173 g/mol. The SMILES string of the molecule is C=CC[n+]1ccc(O)cc1.Cl. The van der Waals surface area contributed by atoms with Crippen molar-refractivity contribution < 1.29 is 9.67 Å². The van der Waals surface area contributed by atoms with Gasteiger partial charge in [-0.25, -0.2) is 4.57 Å². The normalized spacial score (nSPS) is 8.36. The van der Waals surface area contributed by atoms with Gasteiger partial charge in [-0.15, -0.1) is 12.4 Å². The predicted molar refractivity (Wildman–Crippen MR) is 45.7 cm³/mol. The smallest absolute Gasteiger partial charge is 0.172 e. The number of pyridine rings is 1. The average Bonchev–Trinajstić information content (AvgIpc) is 1.95. The summed E-state index contributed by atoms with van der Waals surface area (Å²) in [4.78, 5) is 0. The first-order chi connectivity index (χ1) is 4.83. The van der Waals surface area contributed by atoms with E-state index in [1.165, 1.54) is 0 Å². The lowest BCUT2D eigenvalue weighted by molar-refractivity contribution is -0.687. The number of hydrogen-bond acceptors (Lipinski definition) is 1. The molecule has 0 fully saturated rings. The summed E-state index contributed by atoms with van der Waals surface area (Å²) >= 11 is 0. The molecule has 0 atom stereocenters. The number of aromatic nitrogens is 1. The van der Waals surface area contributed by atoms with Gasteiger partial charge in [0, 0.05) is 12.1 Å². The standard InChI is InChI=1S/C8H9NO.ClH/c1-2-5-9-6-3-8(10)4-7-9;/h2-4,6-7H,1,5H2;1H/p+1. The van der Waals surface area contributed by atoms with Crippen LogP contribution in [0.25, 0.3) is 0 Å². The summed E-state index contributed by atoms with van der Waals surface area (Å²) in [6.07, 6.45) is 5.41. The van der Waals surface area contributed by atoms with Crippen molar-refractivity contribution in [3.8, 4) is 5.75 Å². The molecular weight excluding hydrogens is 162 g/mol. The van der Waals surface area contributed by atoms with Crippen molar-refractivity contribution in [2.24, 2.45) is 0 Å². The highest BCUT2D eigenvalue weighted by molar-refractivity contribution is 5.85. The van der Waals surface area contributed by atoms with Crippen molar-refractivity contribution in [3.05, 3.63) is 37.2 Å². The van der Waals surface area contributed by atoms with Crippen LogP contribution in [0.1, 0.15) is 0 Å². The zero-order chi connectivity index (χ0) is 7.40. The summed E-state index contributed by atoms with van der Waals surface area (Å²) in [6.45, 7) is 4.37. The Morgan fingerprint density at radius 3 is 2.45 bits per heavy atom. The first-order valence-electron chi connectivity index (χ1n) is 3.12. The zero-order valence-electron chi connectivity index (χ0n) is 6.10. The lowest BCUT2D eigenvalue weighted by Crippen LogP contribution is -2.30. The Bertz CT molecular complexity index is 220. The van der Waals surface area contributed by atoms with Gasteiger partial charge in [-0.1, -0.05) is 6.58 Å². The Hall–Kier alpha value is -1.02. The van der Waals surface area contributed by atoms with E-state index in [1.54, 1.807) is 30.6 Å². The van der Waals surface area contributed by atoms with Crippen LogP contribution < -0.4 is 4.57 Å². The molecular formula is C8H11ClNO+. The van der Waals surface area contributed by atoms with Crippen LogP contribution in [-0.4, -0.2) is 5.11 Å². The van der Waals surface area contributed by atoms with Crippen molar-refractivity contribution in [1.82, 2.24) is 0 Å². The second-order valence-corrected chi connectivity index (χ2v) is 2.04. The molecule has 2 nitrogen and oxygen atoms in total. The molecule has 0 aliphatic carbocycles. The van der Waals surface area contributed by atoms with Gasteiger partial charge in [-0.3, -0.25) is 0 Å². The fourth-order valence-corrected chi connectivity index (χ4v) is 0.720. The molecule has 3 heteroatoms. The van der Waals surface area contributed by atoms with Crippen molar-refractivity contribution in [3.63, 3.8) is 0 Å². The van der Waals surface area contributed by atoms with Crippen molar-refractivity contribution in [1.29, 1.82) is 0 Å². The third-order valence-electron chi connectivity index (χ3n) is 1.21. The van der Waals surface area contributed by atoms with E-state index in [2.05, 4.69) is 6.58 Å². The van der Waals surface area contributed by atoms with E-state index < -0.39 is 0 Å². The summed E-state index contributed by atoms with van der Waals surface area (Å²) in [5.41, 5.74) is 0. The molecule has 0 unspecified atom stereocenters. The highest BCUT2D eigenvalue weighted by atomic mass is 35.5. The Morgan fingerprint density at radius 1 is 1.45 bits per heavy atom. The van der Waals surface area contributed by atoms with Gasteiger partial charge >= 0.3 is 0 Å². The van der Waals surface area contributed by atoms with Gasteiger partial charge in [0.1, 0.15) is 5.75 Å². The van der Waals surface area contributed by atoms with Gasteiger partial charge in [-0.2, -0.15) is 0 Å². The molecule has 0 amide bonds. The number of aromatic hydroxyl groups is 1. The third-order valence-corrected chi connectivity index (χ3v) is 1.21. The van der Waals surface area contributed by atoms with Crippen LogP contribution in [0.5, 0.6) is 5.75 Å². The van der Waals surface area contributed by atoms with Gasteiger partial charge in [0.2, 0.25) is 0 Å². The molecule has 1 aromatic heterocycles. The number of nitrogens with zero attached hydrogens (tertiary/aromatic N) is 1. The molecule has 0 radical (unpaired) electrons. The van der Waals surface area contributed by atoms with E-state index in [0.717, 1.165) is 6.54 Å². The van der Waals surface area contributed by atoms with E-state index >= 15 is 0 Å². The van der Waals surface area contributed by atoms with E-state index in [-0.39, 0.29) is 12.4 Å². The van der Waals surface area contributed by atoms with Gasteiger partial charge in [0.25, 0.3) is 0 Å². The number of allylic oxidation sites excluding steroid dienone is 1. The molecule has 1 aromatic rings. The topological polar surface area (TPSA) is 24.1 Å². The summed E-state index contributed by atoms with van der Waals surface area (Å²) < 4.78 is 1.92. The van der Waals surface area contributed by atoms with Crippen LogP contribution >= 0.6 is 12.4 Å². The minimum Gasteiger partial charge on any atom is -0.507 e. The Balaban J connectivity index is 0.000001000. The van der Waals surface area contributed by atoms with E-state index in [9.17, 15) is 0 Å². The lowest BCUT2D eigenvalue weighted by atomic mass is 10.4. The van der Waals surface area contributed by atoms with Crippen molar-refractivity contribution >= 4 is 12.4 Å². The molecule has 0 aliphatic heterocycles. The summed E-state index contributed by atoms with van der Waals surface area (Å²) in [5.74, 6) is 0.292. The maximum absolute atomic E-state index is 8.89. The fourth-order valence-electron chi connectivity index (χ4n) is 0.720. The van der Waals surface area contributed by atoms with Crippen LogP contribution in [0.4, 0.5) is 0 Å². The van der Waals surface area contributed by atoms with E-state index in [4.69, 9.17) is 5.11 Å². The molecule has 0 aromatic carbocycles.